The number of carbonyl (C=O) groups excluding carboxylic acids is 6. The number of hydrogen-bond acceptors (Lipinski definition) is 11. The number of anilines is 1. The fourth-order valence-corrected chi connectivity index (χ4v) is 3.99. The summed E-state index contributed by atoms with van der Waals surface area (Å²) in [5.41, 5.74) is 0.434. The lowest BCUT2D eigenvalue weighted by atomic mass is 9.96. The summed E-state index contributed by atoms with van der Waals surface area (Å²) in [6.45, 7) is 3.55. The quantitative estimate of drug-likeness (QED) is 0.289. The van der Waals surface area contributed by atoms with E-state index in [-0.39, 0.29) is 6.54 Å². The molecule has 13 nitrogen and oxygen atoms in total. The Bertz CT molecular complexity index is 1040. The lowest BCUT2D eigenvalue weighted by Crippen LogP contribution is -2.67. The van der Waals surface area contributed by atoms with E-state index in [1.807, 2.05) is 0 Å². The number of para-hydroxylation sites is 1. The Morgan fingerprint density at radius 3 is 1.94 bits per heavy atom. The molecular formula is C23H26N2O11. The summed E-state index contributed by atoms with van der Waals surface area (Å²) in [6.07, 6.45) is -7.34. The number of carbonyl (C=O) groups is 6. The van der Waals surface area contributed by atoms with Crippen molar-refractivity contribution in [2.24, 2.45) is 0 Å². The zero-order valence-corrected chi connectivity index (χ0v) is 20.1. The minimum absolute atomic E-state index is 0.338. The van der Waals surface area contributed by atoms with E-state index >= 15 is 0 Å². The first-order valence-corrected chi connectivity index (χ1v) is 11.0. The zero-order valence-electron chi connectivity index (χ0n) is 20.1. The van der Waals surface area contributed by atoms with Crippen LogP contribution >= 0.6 is 0 Å². The van der Waals surface area contributed by atoms with Crippen LogP contribution in [0.15, 0.2) is 30.3 Å². The smallest absolute Gasteiger partial charge is 0.334 e. The van der Waals surface area contributed by atoms with Gasteiger partial charge in [0.25, 0.3) is 5.91 Å². The lowest BCUT2D eigenvalue weighted by molar-refractivity contribution is -0.269. The third kappa shape index (κ3) is 5.97. The molecule has 2 heterocycles. The molecule has 0 unspecified atom stereocenters. The number of nitrogens with zero attached hydrogens (tertiary/aromatic N) is 2. The molecule has 2 aliphatic heterocycles. The Morgan fingerprint density at radius 2 is 1.39 bits per heavy atom. The largest absolute Gasteiger partial charge is 0.463 e. The van der Waals surface area contributed by atoms with Crippen molar-refractivity contribution in [2.45, 2.75) is 58.3 Å². The molecule has 0 N–H and O–H groups in total. The van der Waals surface area contributed by atoms with E-state index in [2.05, 4.69) is 0 Å². The maximum absolute atomic E-state index is 13.3. The van der Waals surface area contributed by atoms with E-state index in [9.17, 15) is 28.8 Å². The van der Waals surface area contributed by atoms with Crippen molar-refractivity contribution in [1.29, 1.82) is 0 Å². The summed E-state index contributed by atoms with van der Waals surface area (Å²) < 4.78 is 26.9. The molecule has 2 saturated heterocycles. The molecule has 0 spiro atoms. The molecule has 2 aliphatic rings. The predicted molar refractivity (Wildman–Crippen MR) is 118 cm³/mol. The van der Waals surface area contributed by atoms with Gasteiger partial charge in [-0.25, -0.2) is 9.69 Å². The van der Waals surface area contributed by atoms with E-state index in [0.717, 1.165) is 32.6 Å². The third-order valence-electron chi connectivity index (χ3n) is 5.29. The minimum Gasteiger partial charge on any atom is -0.463 e. The first-order chi connectivity index (χ1) is 17.0. The van der Waals surface area contributed by atoms with Gasteiger partial charge in [-0.1, -0.05) is 18.2 Å². The highest BCUT2D eigenvalue weighted by atomic mass is 16.7. The summed E-state index contributed by atoms with van der Waals surface area (Å²) in [4.78, 5) is 75.5. The zero-order chi connectivity index (χ0) is 26.6. The Kier molecular flexibility index (Phi) is 8.25. The molecule has 2 fully saturated rings. The van der Waals surface area contributed by atoms with Gasteiger partial charge in [0.05, 0.1) is 0 Å². The number of rotatable bonds is 7. The molecule has 0 aromatic heterocycles. The molecule has 5 atom stereocenters. The van der Waals surface area contributed by atoms with Crippen molar-refractivity contribution in [3.8, 4) is 0 Å². The first-order valence-electron chi connectivity index (χ1n) is 11.0. The van der Waals surface area contributed by atoms with Crippen molar-refractivity contribution >= 4 is 41.5 Å². The van der Waals surface area contributed by atoms with Gasteiger partial charge >= 0.3 is 29.9 Å². The topological polar surface area (TPSA) is 155 Å². The van der Waals surface area contributed by atoms with Crippen LogP contribution in [0.4, 0.5) is 10.5 Å². The molecule has 1 aromatic rings. The summed E-state index contributed by atoms with van der Waals surface area (Å²) in [7, 11) is 0. The fraction of sp³-hybridized carbons (Fsp3) is 0.478. The summed E-state index contributed by atoms with van der Waals surface area (Å²) in [5, 5.41) is 0. The molecular weight excluding hydrogens is 480 g/mol. The van der Waals surface area contributed by atoms with Gasteiger partial charge in [0.15, 0.2) is 24.5 Å². The van der Waals surface area contributed by atoms with Crippen LogP contribution in [0.25, 0.3) is 0 Å². The van der Waals surface area contributed by atoms with Crippen molar-refractivity contribution in [1.82, 2.24) is 4.90 Å². The van der Waals surface area contributed by atoms with Gasteiger partial charge in [-0.2, -0.15) is 0 Å². The van der Waals surface area contributed by atoms with Crippen LogP contribution in [0, 0.1) is 0 Å². The van der Waals surface area contributed by atoms with E-state index in [1.54, 1.807) is 30.3 Å². The molecule has 0 saturated carbocycles. The SMILES string of the molecule is CC(=O)OC[C@H]1O[C@@H](N2C(=O)CN(c3ccccc3)C2=O)[C@H](OC(C)=O)[C@@H](OC(C)=O)[C@@H]1OC(C)=O. The van der Waals surface area contributed by atoms with Crippen LogP contribution in [0.2, 0.25) is 0 Å². The number of imide groups is 1. The van der Waals surface area contributed by atoms with Crippen LogP contribution < -0.4 is 4.90 Å². The van der Waals surface area contributed by atoms with Crippen LogP contribution in [0.3, 0.4) is 0 Å². The van der Waals surface area contributed by atoms with Crippen LogP contribution in [0.1, 0.15) is 27.7 Å². The van der Waals surface area contributed by atoms with E-state index in [1.165, 1.54) is 4.90 Å². The van der Waals surface area contributed by atoms with Gasteiger partial charge in [0.2, 0.25) is 0 Å². The van der Waals surface area contributed by atoms with Gasteiger partial charge in [-0.3, -0.25) is 28.9 Å². The number of urea groups is 1. The minimum atomic E-state index is -1.60. The van der Waals surface area contributed by atoms with Crippen LogP contribution in [-0.2, 0) is 47.7 Å². The Morgan fingerprint density at radius 1 is 0.833 bits per heavy atom. The van der Waals surface area contributed by atoms with Crippen molar-refractivity contribution in [3.05, 3.63) is 30.3 Å². The van der Waals surface area contributed by atoms with Gasteiger partial charge in [-0.15, -0.1) is 0 Å². The predicted octanol–water partition coefficient (Wildman–Crippen LogP) is 0.538. The van der Waals surface area contributed by atoms with E-state index < -0.39 is 73.1 Å². The Labute approximate surface area is 206 Å². The molecule has 0 aliphatic carbocycles. The van der Waals surface area contributed by atoms with Crippen molar-refractivity contribution < 1.29 is 52.5 Å². The number of ether oxygens (including phenoxy) is 5. The summed E-state index contributed by atoms with van der Waals surface area (Å²) >= 11 is 0. The highest BCUT2D eigenvalue weighted by Gasteiger charge is 2.57. The van der Waals surface area contributed by atoms with Crippen molar-refractivity contribution in [3.63, 3.8) is 0 Å². The molecule has 3 amide bonds. The van der Waals surface area contributed by atoms with Crippen LogP contribution in [-0.4, -0.2) is 84.5 Å². The van der Waals surface area contributed by atoms with Gasteiger partial charge in [0, 0.05) is 33.4 Å². The summed E-state index contributed by atoms with van der Waals surface area (Å²) in [6, 6.07) is 7.58. The highest BCUT2D eigenvalue weighted by Crippen LogP contribution is 2.33. The average molecular weight is 506 g/mol. The molecule has 13 heteroatoms. The van der Waals surface area contributed by atoms with Gasteiger partial charge in [-0.05, 0) is 12.1 Å². The third-order valence-corrected chi connectivity index (χ3v) is 5.29. The molecule has 3 rings (SSSR count). The maximum atomic E-state index is 13.3. The molecule has 1 aromatic carbocycles. The van der Waals surface area contributed by atoms with Crippen molar-refractivity contribution in [2.75, 3.05) is 18.1 Å². The monoisotopic (exact) mass is 506 g/mol. The van der Waals surface area contributed by atoms with Gasteiger partial charge < -0.3 is 23.7 Å². The second kappa shape index (κ2) is 11.2. The summed E-state index contributed by atoms with van der Waals surface area (Å²) in [5.74, 6) is -3.84. The number of esters is 4. The Hall–Kier alpha value is -4.00. The molecule has 194 valence electrons. The normalized spacial score (nSPS) is 25.8. The molecule has 0 bridgehead atoms. The number of benzene rings is 1. The van der Waals surface area contributed by atoms with E-state index in [0.29, 0.717) is 5.69 Å². The standard InChI is InChI=1S/C23H26N2O11/c1-12(26)32-11-17-19(33-13(2)27)20(34-14(3)28)21(35-15(4)29)22(36-17)25-18(30)10-24(23(25)31)16-8-6-5-7-9-16/h5-9,17,19-22H,10-11H2,1-4H3/t17-,19-,20+,21-,22-/m1/s1. The number of amides is 3. The maximum Gasteiger partial charge on any atom is 0.334 e. The second-order valence-electron chi connectivity index (χ2n) is 8.06. The lowest BCUT2D eigenvalue weighted by Gasteiger charge is -2.46. The molecule has 0 radical (unpaired) electrons. The highest BCUT2D eigenvalue weighted by molar-refractivity contribution is 6.12. The molecule has 36 heavy (non-hydrogen) atoms. The van der Waals surface area contributed by atoms with Gasteiger partial charge in [0.1, 0.15) is 19.3 Å². The first kappa shape index (κ1) is 26.6. The Balaban J connectivity index is 2.05. The van der Waals surface area contributed by atoms with E-state index in [4.69, 9.17) is 23.7 Å². The van der Waals surface area contributed by atoms with Crippen LogP contribution in [0.5, 0.6) is 0 Å². The average Bonchev–Trinajstić information content (AvgIpc) is 3.08. The second-order valence-corrected chi connectivity index (χ2v) is 8.06. The number of hydrogen-bond donors (Lipinski definition) is 0. The fourth-order valence-electron chi connectivity index (χ4n) is 3.99.